The number of piperazine rings is 1. The van der Waals surface area contributed by atoms with E-state index in [4.69, 9.17) is 9.47 Å². The van der Waals surface area contributed by atoms with E-state index in [9.17, 15) is 4.79 Å². The quantitative estimate of drug-likeness (QED) is 0.389. The Kier molecular flexibility index (Phi) is 11.3. The summed E-state index contributed by atoms with van der Waals surface area (Å²) in [6.07, 6.45) is 12.4. The number of nitrogens with zero attached hydrogens (tertiary/aromatic N) is 2. The highest BCUT2D eigenvalue weighted by Crippen LogP contribution is 2.32. The number of rotatable bonds is 10. The van der Waals surface area contributed by atoms with Gasteiger partial charge in [0.05, 0.1) is 12.7 Å². The average Bonchev–Trinajstić information content (AvgIpc) is 2.93. The van der Waals surface area contributed by atoms with Crippen LogP contribution in [-0.4, -0.2) is 99.8 Å². The molecule has 208 valence electrons. The average molecular weight is 508 g/mol. The minimum Gasteiger partial charge on any atom is -0.465 e. The van der Waals surface area contributed by atoms with E-state index < -0.39 is 0 Å². The van der Waals surface area contributed by atoms with Gasteiger partial charge < -0.3 is 14.4 Å². The second kappa shape index (κ2) is 14.4. The van der Waals surface area contributed by atoms with E-state index in [2.05, 4.69) is 25.8 Å². The first-order valence-corrected chi connectivity index (χ1v) is 14.9. The normalized spacial score (nSPS) is 35.9. The zero-order valence-electron chi connectivity index (χ0n) is 23.2. The zero-order valence-corrected chi connectivity index (χ0v) is 23.2. The Bertz CT molecular complexity index is 635. The molecule has 1 atom stereocenters. The molecule has 2 saturated carbocycles. The molecule has 2 aliphatic carbocycles. The lowest BCUT2D eigenvalue weighted by Crippen LogP contribution is -2.63. The largest absolute Gasteiger partial charge is 0.465 e. The van der Waals surface area contributed by atoms with E-state index in [1.54, 1.807) is 0 Å². The topological polar surface area (TPSA) is 78.1 Å². The van der Waals surface area contributed by atoms with E-state index >= 15 is 0 Å². The van der Waals surface area contributed by atoms with Crippen molar-refractivity contribution in [1.82, 2.24) is 25.8 Å². The minimum absolute atomic E-state index is 0.0837. The number of ether oxygens (including phenoxy) is 2. The van der Waals surface area contributed by atoms with Crippen molar-refractivity contribution in [3.8, 4) is 0 Å². The molecule has 3 N–H and O–H groups in total. The number of methoxy groups -OCH3 is 1. The summed E-state index contributed by atoms with van der Waals surface area (Å²) in [6.45, 7) is 11.8. The van der Waals surface area contributed by atoms with Crippen LogP contribution in [0.2, 0.25) is 0 Å². The van der Waals surface area contributed by atoms with Crippen LogP contribution in [0.3, 0.4) is 0 Å². The predicted octanol–water partition coefficient (Wildman–Crippen LogP) is 2.39. The smallest absolute Gasteiger partial charge is 0.323 e. The molecule has 8 nitrogen and oxygen atoms in total. The van der Waals surface area contributed by atoms with Crippen molar-refractivity contribution < 1.29 is 14.3 Å². The van der Waals surface area contributed by atoms with Crippen molar-refractivity contribution in [2.75, 3.05) is 59.5 Å². The van der Waals surface area contributed by atoms with Crippen LogP contribution in [0, 0.1) is 17.8 Å². The minimum atomic E-state index is -0.121. The Morgan fingerprint density at radius 2 is 1.61 bits per heavy atom. The molecule has 0 aromatic carbocycles. The number of hydrogen-bond donors (Lipinski definition) is 3. The Balaban J connectivity index is 1.05. The number of carbonyl (C=O) groups excluding carboxylic acids is 1. The van der Waals surface area contributed by atoms with Crippen LogP contribution >= 0.6 is 0 Å². The highest BCUT2D eigenvalue weighted by atomic mass is 16.5. The third-order valence-corrected chi connectivity index (χ3v) is 9.57. The molecule has 0 radical (unpaired) electrons. The summed E-state index contributed by atoms with van der Waals surface area (Å²) < 4.78 is 10.7. The fourth-order valence-electron chi connectivity index (χ4n) is 6.93. The third kappa shape index (κ3) is 8.11. The highest BCUT2D eigenvalue weighted by Gasteiger charge is 2.32. The number of carbonyl (C=O) groups is 1. The molecule has 0 aromatic rings. The summed E-state index contributed by atoms with van der Waals surface area (Å²) in [5, 5.41) is 11.4. The molecule has 4 aliphatic rings. The molecule has 0 amide bonds. The van der Waals surface area contributed by atoms with E-state index in [0.29, 0.717) is 18.8 Å². The van der Waals surface area contributed by atoms with Gasteiger partial charge in [0.25, 0.3) is 0 Å². The number of hydrogen-bond acceptors (Lipinski definition) is 8. The van der Waals surface area contributed by atoms with Gasteiger partial charge in [-0.15, -0.1) is 0 Å². The molecule has 1 unspecified atom stereocenters. The molecule has 4 fully saturated rings. The van der Waals surface area contributed by atoms with Crippen LogP contribution in [0.15, 0.2) is 0 Å². The second-order valence-corrected chi connectivity index (χ2v) is 11.8. The van der Waals surface area contributed by atoms with Crippen molar-refractivity contribution in [1.29, 1.82) is 0 Å². The van der Waals surface area contributed by atoms with Gasteiger partial charge in [-0.2, -0.15) is 0 Å². The van der Waals surface area contributed by atoms with Gasteiger partial charge in [-0.3, -0.25) is 25.6 Å². The van der Waals surface area contributed by atoms with Gasteiger partial charge in [-0.05, 0) is 95.9 Å². The molecule has 4 rings (SSSR count). The van der Waals surface area contributed by atoms with Crippen LogP contribution in [0.1, 0.15) is 71.6 Å². The first kappa shape index (κ1) is 28.2. The summed E-state index contributed by atoms with van der Waals surface area (Å²) in [4.78, 5) is 16.9. The van der Waals surface area contributed by atoms with Gasteiger partial charge in [-0.25, -0.2) is 0 Å². The Hall–Kier alpha value is -0.770. The van der Waals surface area contributed by atoms with Crippen LogP contribution in [-0.2, 0) is 14.3 Å². The number of esters is 1. The molecule has 0 aromatic heterocycles. The molecule has 0 bridgehead atoms. The molecule has 2 aliphatic heterocycles. The third-order valence-electron chi connectivity index (χ3n) is 9.57. The summed E-state index contributed by atoms with van der Waals surface area (Å²) in [5.41, 5.74) is 0. The van der Waals surface area contributed by atoms with Gasteiger partial charge in [0.1, 0.15) is 12.3 Å². The van der Waals surface area contributed by atoms with Gasteiger partial charge in [0.2, 0.25) is 0 Å². The maximum atomic E-state index is 12.0. The first-order valence-electron chi connectivity index (χ1n) is 14.9. The van der Waals surface area contributed by atoms with Gasteiger partial charge in [-0.1, -0.05) is 0 Å². The van der Waals surface area contributed by atoms with E-state index in [1.807, 2.05) is 21.0 Å². The van der Waals surface area contributed by atoms with Gasteiger partial charge in [0.15, 0.2) is 0 Å². The van der Waals surface area contributed by atoms with Crippen LogP contribution in [0.4, 0.5) is 0 Å². The summed E-state index contributed by atoms with van der Waals surface area (Å²) in [5.74, 6) is 2.38. The molecular formula is C28H53N5O3. The predicted molar refractivity (Wildman–Crippen MR) is 144 cm³/mol. The van der Waals surface area contributed by atoms with E-state index in [1.165, 1.54) is 64.3 Å². The number of nitrogens with one attached hydrogen (secondary N) is 3. The Morgan fingerprint density at radius 1 is 0.944 bits per heavy atom. The lowest BCUT2D eigenvalue weighted by atomic mass is 9.78. The lowest BCUT2D eigenvalue weighted by molar-refractivity contribution is -0.149. The van der Waals surface area contributed by atoms with Crippen molar-refractivity contribution >= 4 is 5.97 Å². The molecular weight excluding hydrogens is 454 g/mol. The molecule has 0 spiro atoms. The van der Waals surface area contributed by atoms with Crippen molar-refractivity contribution in [3.63, 3.8) is 0 Å². The Morgan fingerprint density at radius 3 is 2.22 bits per heavy atom. The van der Waals surface area contributed by atoms with Crippen molar-refractivity contribution in [2.24, 2.45) is 17.8 Å². The zero-order chi connectivity index (χ0) is 25.3. The Labute approximate surface area is 219 Å². The standard InChI is InChI=1S/C28H53N5O3/c1-4-36-27(34)21(2)33-17-15-32(16-18-33)14-13-22-5-9-25(10-6-22)31-28-29-19-24(20-30-28)23-7-11-26(35-3)12-8-23/h21-26,28-31H,4-20H2,1-3H3. The molecule has 2 heterocycles. The molecule has 2 saturated heterocycles. The van der Waals surface area contributed by atoms with E-state index in [0.717, 1.165) is 57.0 Å². The molecule has 36 heavy (non-hydrogen) atoms. The van der Waals surface area contributed by atoms with Crippen LogP contribution in [0.25, 0.3) is 0 Å². The SMILES string of the molecule is CCOC(=O)C(C)N1CCN(CCC2CCC(NC3NCC(C4CCC(OC)CC4)CN3)CC2)CC1. The molecule has 8 heteroatoms. The maximum Gasteiger partial charge on any atom is 0.323 e. The van der Waals surface area contributed by atoms with E-state index in [-0.39, 0.29) is 18.3 Å². The lowest BCUT2D eigenvalue weighted by Gasteiger charge is -2.41. The monoisotopic (exact) mass is 507 g/mol. The first-order chi connectivity index (χ1) is 17.6. The summed E-state index contributed by atoms with van der Waals surface area (Å²) in [7, 11) is 1.86. The maximum absolute atomic E-state index is 12.0. The van der Waals surface area contributed by atoms with Crippen LogP contribution < -0.4 is 16.0 Å². The van der Waals surface area contributed by atoms with Crippen molar-refractivity contribution in [3.05, 3.63) is 0 Å². The second-order valence-electron chi connectivity index (χ2n) is 11.8. The van der Waals surface area contributed by atoms with Crippen LogP contribution in [0.5, 0.6) is 0 Å². The fraction of sp³-hybridized carbons (Fsp3) is 0.964. The van der Waals surface area contributed by atoms with Gasteiger partial charge in [0, 0.05) is 52.4 Å². The summed E-state index contributed by atoms with van der Waals surface area (Å²) in [6, 6.07) is 0.512. The summed E-state index contributed by atoms with van der Waals surface area (Å²) >= 11 is 0. The highest BCUT2D eigenvalue weighted by molar-refractivity contribution is 5.75. The van der Waals surface area contributed by atoms with Gasteiger partial charge >= 0.3 is 5.97 Å². The fourth-order valence-corrected chi connectivity index (χ4v) is 6.93. The van der Waals surface area contributed by atoms with Crippen molar-refractivity contribution in [2.45, 2.75) is 96.1 Å².